The van der Waals surface area contributed by atoms with Crippen molar-refractivity contribution in [3.8, 4) is 5.75 Å². The lowest BCUT2D eigenvalue weighted by Crippen LogP contribution is -2.53. The molecule has 1 saturated carbocycles. The molecule has 1 aliphatic heterocycles. The Morgan fingerprint density at radius 1 is 1.25 bits per heavy atom. The van der Waals surface area contributed by atoms with Gasteiger partial charge in [0.15, 0.2) is 0 Å². The Hall–Kier alpha value is -1.75. The van der Waals surface area contributed by atoms with E-state index in [1.54, 1.807) is 0 Å². The van der Waals surface area contributed by atoms with Crippen LogP contribution in [0.2, 0.25) is 0 Å². The monoisotopic (exact) mass is 331 g/mol. The zero-order chi connectivity index (χ0) is 16.9. The van der Waals surface area contributed by atoms with Crippen LogP contribution in [0.1, 0.15) is 31.7 Å². The van der Waals surface area contributed by atoms with E-state index < -0.39 is 0 Å². The summed E-state index contributed by atoms with van der Waals surface area (Å²) < 4.78 is 5.44. The Morgan fingerprint density at radius 2 is 1.92 bits per heavy atom. The van der Waals surface area contributed by atoms with Crippen molar-refractivity contribution in [3.05, 3.63) is 29.8 Å². The molecule has 2 amide bonds. The van der Waals surface area contributed by atoms with Gasteiger partial charge in [-0.2, -0.15) is 0 Å². The summed E-state index contributed by atoms with van der Waals surface area (Å²) in [7, 11) is 0. The number of likely N-dealkylation sites (tertiary alicyclic amines) is 1. The first kappa shape index (κ1) is 17.1. The number of nitrogens with two attached hydrogens (primary N) is 1. The fraction of sp³-hybridized carbons (Fsp3) is 0.632. The highest BCUT2D eigenvalue weighted by atomic mass is 16.5. The molecule has 2 aliphatic rings. The summed E-state index contributed by atoms with van der Waals surface area (Å²) in [4.78, 5) is 14.3. The molecule has 1 saturated heterocycles. The number of ether oxygens (including phenoxy) is 1. The first-order valence-corrected chi connectivity index (χ1v) is 9.17. The van der Waals surface area contributed by atoms with E-state index in [0.29, 0.717) is 31.0 Å². The van der Waals surface area contributed by atoms with Gasteiger partial charge in [0.25, 0.3) is 0 Å². The van der Waals surface area contributed by atoms with Crippen molar-refractivity contribution < 1.29 is 9.53 Å². The third-order valence-electron chi connectivity index (χ3n) is 5.35. The standard InChI is InChI=1S/C19H29N3O2/c1-2-24-17-9-5-14(6-10-17)4-3-11-21-19(23)22-12-15-7-8-16(13-22)18(15)20/h5-6,9-10,15-16,18H,2-4,7-8,11-13,20H2,1H3,(H,21,23)/t15-,16+,18?. The topological polar surface area (TPSA) is 67.6 Å². The molecular weight excluding hydrogens is 302 g/mol. The summed E-state index contributed by atoms with van der Waals surface area (Å²) in [5, 5.41) is 3.06. The van der Waals surface area contributed by atoms with E-state index in [9.17, 15) is 4.79 Å². The number of benzene rings is 1. The second kappa shape index (κ2) is 7.88. The number of nitrogens with one attached hydrogen (secondary N) is 1. The number of rotatable bonds is 6. The maximum atomic E-state index is 12.3. The molecular formula is C19H29N3O2. The summed E-state index contributed by atoms with van der Waals surface area (Å²) in [6.07, 6.45) is 4.25. The van der Waals surface area contributed by atoms with Crippen LogP contribution in [0, 0.1) is 11.8 Å². The van der Waals surface area contributed by atoms with E-state index >= 15 is 0 Å². The third-order valence-corrected chi connectivity index (χ3v) is 5.35. The van der Waals surface area contributed by atoms with Gasteiger partial charge >= 0.3 is 6.03 Å². The van der Waals surface area contributed by atoms with Crippen molar-refractivity contribution in [2.75, 3.05) is 26.2 Å². The highest BCUT2D eigenvalue weighted by Gasteiger charge is 2.41. The fourth-order valence-corrected chi connectivity index (χ4v) is 3.95. The smallest absolute Gasteiger partial charge is 0.317 e. The van der Waals surface area contributed by atoms with Gasteiger partial charge in [-0.3, -0.25) is 0 Å². The van der Waals surface area contributed by atoms with Gasteiger partial charge in [0, 0.05) is 25.7 Å². The predicted octanol–water partition coefficient (Wildman–Crippen LogP) is 2.40. The Labute approximate surface area is 144 Å². The van der Waals surface area contributed by atoms with Crippen LogP contribution in [-0.2, 0) is 6.42 Å². The molecule has 5 heteroatoms. The molecule has 2 fully saturated rings. The number of hydrogen-bond donors (Lipinski definition) is 2. The largest absolute Gasteiger partial charge is 0.494 e. The van der Waals surface area contributed by atoms with Crippen LogP contribution in [0.5, 0.6) is 5.75 Å². The number of nitrogens with zero attached hydrogens (tertiary/aromatic N) is 1. The Kier molecular flexibility index (Phi) is 5.61. The van der Waals surface area contributed by atoms with Crippen molar-refractivity contribution >= 4 is 6.03 Å². The highest BCUT2D eigenvalue weighted by molar-refractivity contribution is 5.74. The van der Waals surface area contributed by atoms with Crippen LogP contribution in [-0.4, -0.2) is 43.2 Å². The normalized spacial score (nSPS) is 25.6. The first-order chi connectivity index (χ1) is 11.7. The second-order valence-electron chi connectivity index (χ2n) is 6.99. The van der Waals surface area contributed by atoms with Crippen LogP contribution in [0.3, 0.4) is 0 Å². The SMILES string of the molecule is CCOc1ccc(CCCNC(=O)N2C[C@H]3CC[C@@H](C2)C3N)cc1. The molecule has 24 heavy (non-hydrogen) atoms. The molecule has 3 rings (SSSR count). The number of aryl methyl sites for hydroxylation is 1. The number of amides is 2. The van der Waals surface area contributed by atoms with Crippen molar-refractivity contribution in [1.82, 2.24) is 10.2 Å². The van der Waals surface area contributed by atoms with E-state index in [1.165, 1.54) is 18.4 Å². The van der Waals surface area contributed by atoms with Crippen LogP contribution in [0.15, 0.2) is 24.3 Å². The quantitative estimate of drug-likeness (QED) is 0.787. The molecule has 0 aromatic heterocycles. The Balaban J connectivity index is 1.36. The molecule has 0 radical (unpaired) electrons. The third kappa shape index (κ3) is 4.01. The molecule has 3 N–H and O–H groups in total. The number of fused-ring (bicyclic) bond motifs is 2. The number of urea groups is 1. The van der Waals surface area contributed by atoms with Crippen LogP contribution < -0.4 is 15.8 Å². The lowest BCUT2D eigenvalue weighted by Gasteiger charge is -2.36. The van der Waals surface area contributed by atoms with E-state index in [0.717, 1.165) is 31.7 Å². The van der Waals surface area contributed by atoms with Gasteiger partial charge < -0.3 is 20.7 Å². The lowest BCUT2D eigenvalue weighted by molar-refractivity contribution is 0.150. The number of hydrogen-bond acceptors (Lipinski definition) is 3. The molecule has 5 nitrogen and oxygen atoms in total. The van der Waals surface area contributed by atoms with E-state index in [2.05, 4.69) is 17.4 Å². The molecule has 1 aromatic rings. The van der Waals surface area contributed by atoms with Gasteiger partial charge in [0.05, 0.1) is 6.61 Å². The summed E-state index contributed by atoms with van der Waals surface area (Å²) >= 11 is 0. The maximum Gasteiger partial charge on any atom is 0.317 e. The van der Waals surface area contributed by atoms with E-state index in [-0.39, 0.29) is 6.03 Å². The minimum Gasteiger partial charge on any atom is -0.494 e. The fourth-order valence-electron chi connectivity index (χ4n) is 3.95. The average Bonchev–Trinajstić information content (AvgIpc) is 2.81. The van der Waals surface area contributed by atoms with Gasteiger partial charge in [0.2, 0.25) is 0 Å². The van der Waals surface area contributed by atoms with Crippen molar-refractivity contribution in [1.29, 1.82) is 0 Å². The van der Waals surface area contributed by atoms with E-state index in [1.807, 2.05) is 24.0 Å². The van der Waals surface area contributed by atoms with Crippen LogP contribution in [0.25, 0.3) is 0 Å². The molecule has 0 spiro atoms. The molecule has 1 aliphatic carbocycles. The molecule has 2 bridgehead atoms. The lowest BCUT2D eigenvalue weighted by atomic mass is 9.93. The molecule has 1 heterocycles. The van der Waals surface area contributed by atoms with Crippen LogP contribution in [0.4, 0.5) is 4.79 Å². The summed E-state index contributed by atoms with van der Waals surface area (Å²) in [5.74, 6) is 1.91. The summed E-state index contributed by atoms with van der Waals surface area (Å²) in [6.45, 7) is 5.03. The number of piperidine rings is 1. The summed E-state index contributed by atoms with van der Waals surface area (Å²) in [5.41, 5.74) is 7.47. The molecule has 3 atom stereocenters. The Morgan fingerprint density at radius 3 is 2.54 bits per heavy atom. The van der Waals surface area contributed by atoms with Crippen molar-refractivity contribution in [2.24, 2.45) is 17.6 Å². The van der Waals surface area contributed by atoms with Gasteiger partial charge in [0.1, 0.15) is 5.75 Å². The molecule has 132 valence electrons. The highest BCUT2D eigenvalue weighted by Crippen LogP contribution is 2.35. The zero-order valence-corrected chi connectivity index (χ0v) is 14.5. The number of carbonyl (C=O) groups excluding carboxylic acids is 1. The van der Waals surface area contributed by atoms with E-state index in [4.69, 9.17) is 10.5 Å². The second-order valence-corrected chi connectivity index (χ2v) is 6.99. The van der Waals surface area contributed by atoms with Gasteiger partial charge in [-0.05, 0) is 62.1 Å². The van der Waals surface area contributed by atoms with Gasteiger partial charge in [-0.1, -0.05) is 12.1 Å². The Bertz CT molecular complexity index is 532. The average molecular weight is 331 g/mol. The van der Waals surface area contributed by atoms with Crippen molar-refractivity contribution in [2.45, 2.75) is 38.6 Å². The zero-order valence-electron chi connectivity index (χ0n) is 14.5. The van der Waals surface area contributed by atoms with Gasteiger partial charge in [-0.25, -0.2) is 4.79 Å². The molecule has 1 unspecified atom stereocenters. The predicted molar refractivity (Wildman–Crippen MR) is 95.1 cm³/mol. The molecule has 1 aromatic carbocycles. The van der Waals surface area contributed by atoms with Gasteiger partial charge in [-0.15, -0.1) is 0 Å². The minimum atomic E-state index is 0.0745. The summed E-state index contributed by atoms with van der Waals surface area (Å²) in [6, 6.07) is 8.57. The van der Waals surface area contributed by atoms with Crippen LogP contribution >= 0.6 is 0 Å². The first-order valence-electron chi connectivity index (χ1n) is 9.17. The van der Waals surface area contributed by atoms with Crippen molar-refractivity contribution in [3.63, 3.8) is 0 Å². The number of carbonyl (C=O) groups is 1. The minimum absolute atomic E-state index is 0.0745. The maximum absolute atomic E-state index is 12.3.